The van der Waals surface area contributed by atoms with Crippen molar-refractivity contribution in [2.75, 3.05) is 11.6 Å². The van der Waals surface area contributed by atoms with Gasteiger partial charge in [-0.15, -0.1) is 10.2 Å². The molecule has 2 rings (SSSR count). The zero-order chi connectivity index (χ0) is 13.0. The molecule has 2 atom stereocenters. The van der Waals surface area contributed by atoms with Gasteiger partial charge in [-0.1, -0.05) is 18.3 Å². The number of anilines is 1. The average molecular weight is 286 g/mol. The van der Waals surface area contributed by atoms with Crippen molar-refractivity contribution < 1.29 is 4.79 Å². The number of urea groups is 1. The lowest BCUT2D eigenvalue weighted by atomic mass is 10.2. The standard InChI is InChI=1S/C11H18N4OS2/c1-3-9-14-15-11(18-9)13-10(16)12-7-4-5-8(6-7)17-2/h7-8H,3-6H2,1-2H3,(H2,12,13,15,16)/t7-,8-/m0/s1. The van der Waals surface area contributed by atoms with E-state index in [1.807, 2.05) is 18.7 Å². The molecule has 1 aliphatic rings. The second-order valence-electron chi connectivity index (χ2n) is 4.32. The van der Waals surface area contributed by atoms with Crippen LogP contribution >= 0.6 is 23.1 Å². The van der Waals surface area contributed by atoms with E-state index in [2.05, 4.69) is 27.1 Å². The summed E-state index contributed by atoms with van der Waals surface area (Å²) in [7, 11) is 0. The number of thioether (sulfide) groups is 1. The molecule has 1 aliphatic carbocycles. The number of carbonyl (C=O) groups excluding carboxylic acids is 1. The maximum absolute atomic E-state index is 11.8. The van der Waals surface area contributed by atoms with Gasteiger partial charge >= 0.3 is 6.03 Å². The molecule has 0 bridgehead atoms. The van der Waals surface area contributed by atoms with Crippen molar-refractivity contribution in [1.82, 2.24) is 15.5 Å². The van der Waals surface area contributed by atoms with Gasteiger partial charge in [-0.3, -0.25) is 5.32 Å². The summed E-state index contributed by atoms with van der Waals surface area (Å²) < 4.78 is 0. The molecular weight excluding hydrogens is 268 g/mol. The number of hydrogen-bond acceptors (Lipinski definition) is 5. The number of aryl methyl sites for hydroxylation is 1. The SMILES string of the molecule is CCc1nnc(NC(=O)N[C@H]2CC[C@H](SC)C2)s1. The summed E-state index contributed by atoms with van der Waals surface area (Å²) in [6, 6.07) is 0.126. The zero-order valence-corrected chi connectivity index (χ0v) is 12.2. The average Bonchev–Trinajstić information content (AvgIpc) is 2.98. The summed E-state index contributed by atoms with van der Waals surface area (Å²) in [6.45, 7) is 2.02. The number of carbonyl (C=O) groups is 1. The van der Waals surface area contributed by atoms with Crippen molar-refractivity contribution in [2.24, 2.45) is 0 Å². The molecule has 0 unspecified atom stereocenters. The lowest BCUT2D eigenvalue weighted by Crippen LogP contribution is -2.36. The van der Waals surface area contributed by atoms with E-state index < -0.39 is 0 Å². The van der Waals surface area contributed by atoms with E-state index in [0.29, 0.717) is 16.4 Å². The van der Waals surface area contributed by atoms with Gasteiger partial charge in [-0.25, -0.2) is 4.79 Å². The molecule has 0 aromatic carbocycles. The second-order valence-corrected chi connectivity index (χ2v) is 6.52. The smallest absolute Gasteiger partial charge is 0.321 e. The fraction of sp³-hybridized carbons (Fsp3) is 0.727. The molecule has 0 radical (unpaired) electrons. The van der Waals surface area contributed by atoms with Crippen LogP contribution in [0.15, 0.2) is 0 Å². The van der Waals surface area contributed by atoms with Crippen LogP contribution in [0.2, 0.25) is 0 Å². The van der Waals surface area contributed by atoms with Crippen LogP contribution in [0.1, 0.15) is 31.2 Å². The Morgan fingerprint density at radius 2 is 2.33 bits per heavy atom. The molecule has 1 aromatic heterocycles. The highest BCUT2D eigenvalue weighted by Crippen LogP contribution is 2.28. The predicted molar refractivity (Wildman–Crippen MR) is 76.4 cm³/mol. The fourth-order valence-corrected chi connectivity index (χ4v) is 3.52. The van der Waals surface area contributed by atoms with E-state index in [-0.39, 0.29) is 6.03 Å². The molecule has 2 N–H and O–H groups in total. The third-order valence-electron chi connectivity index (χ3n) is 3.04. The molecule has 1 fully saturated rings. The van der Waals surface area contributed by atoms with Crippen LogP contribution in [0.4, 0.5) is 9.93 Å². The number of aromatic nitrogens is 2. The van der Waals surface area contributed by atoms with Crippen LogP contribution in [-0.2, 0) is 6.42 Å². The van der Waals surface area contributed by atoms with Crippen molar-refractivity contribution in [3.63, 3.8) is 0 Å². The molecule has 5 nitrogen and oxygen atoms in total. The second kappa shape index (κ2) is 6.38. The number of rotatable bonds is 4. The van der Waals surface area contributed by atoms with E-state index in [9.17, 15) is 4.79 Å². The van der Waals surface area contributed by atoms with Gasteiger partial charge in [0.1, 0.15) is 5.01 Å². The Balaban J connectivity index is 1.78. The first-order valence-electron chi connectivity index (χ1n) is 6.14. The van der Waals surface area contributed by atoms with Crippen LogP contribution in [0.25, 0.3) is 0 Å². The highest BCUT2D eigenvalue weighted by Gasteiger charge is 2.25. The highest BCUT2D eigenvalue weighted by molar-refractivity contribution is 7.99. The monoisotopic (exact) mass is 286 g/mol. The Hall–Kier alpha value is -0.820. The van der Waals surface area contributed by atoms with E-state index in [4.69, 9.17) is 0 Å². The van der Waals surface area contributed by atoms with Crippen LogP contribution in [0.5, 0.6) is 0 Å². The number of nitrogens with one attached hydrogen (secondary N) is 2. The maximum atomic E-state index is 11.8. The lowest BCUT2D eigenvalue weighted by Gasteiger charge is -2.12. The number of nitrogens with zero attached hydrogens (tertiary/aromatic N) is 2. The summed E-state index contributed by atoms with van der Waals surface area (Å²) in [5, 5.41) is 15.8. The summed E-state index contributed by atoms with van der Waals surface area (Å²) in [5.41, 5.74) is 0. The van der Waals surface area contributed by atoms with Crippen molar-refractivity contribution >= 4 is 34.3 Å². The summed E-state index contributed by atoms with van der Waals surface area (Å²) in [6.07, 6.45) is 6.28. The molecule has 0 saturated heterocycles. The normalized spacial score (nSPS) is 23.0. The van der Waals surface area contributed by atoms with Crippen molar-refractivity contribution in [2.45, 2.75) is 43.9 Å². The molecular formula is C11H18N4OS2. The Morgan fingerprint density at radius 3 is 2.94 bits per heavy atom. The third-order valence-corrected chi connectivity index (χ3v) is 5.12. The van der Waals surface area contributed by atoms with Crippen LogP contribution in [-0.4, -0.2) is 33.8 Å². The van der Waals surface area contributed by atoms with Crippen molar-refractivity contribution in [3.05, 3.63) is 5.01 Å². The van der Waals surface area contributed by atoms with E-state index in [0.717, 1.165) is 24.3 Å². The molecule has 2 amide bonds. The van der Waals surface area contributed by atoms with Crippen LogP contribution in [0, 0.1) is 0 Å². The summed E-state index contributed by atoms with van der Waals surface area (Å²) in [5.74, 6) is 0. The first-order chi connectivity index (χ1) is 8.71. The van der Waals surface area contributed by atoms with Gasteiger partial charge in [-0.05, 0) is 31.9 Å². The van der Waals surface area contributed by atoms with Gasteiger partial charge in [-0.2, -0.15) is 11.8 Å². The predicted octanol–water partition coefficient (Wildman–Crippen LogP) is 2.51. The minimum absolute atomic E-state index is 0.166. The van der Waals surface area contributed by atoms with Gasteiger partial charge in [0.05, 0.1) is 0 Å². The lowest BCUT2D eigenvalue weighted by molar-refractivity contribution is 0.248. The van der Waals surface area contributed by atoms with E-state index >= 15 is 0 Å². The number of hydrogen-bond donors (Lipinski definition) is 2. The Morgan fingerprint density at radius 1 is 1.50 bits per heavy atom. The zero-order valence-electron chi connectivity index (χ0n) is 10.6. The first kappa shape index (κ1) is 13.6. The summed E-state index contributed by atoms with van der Waals surface area (Å²) >= 11 is 3.31. The van der Waals surface area contributed by atoms with Crippen molar-refractivity contribution in [3.8, 4) is 0 Å². The van der Waals surface area contributed by atoms with Gasteiger partial charge in [0.25, 0.3) is 0 Å². The molecule has 7 heteroatoms. The Kier molecular flexibility index (Phi) is 4.82. The van der Waals surface area contributed by atoms with Crippen LogP contribution in [0.3, 0.4) is 0 Å². The molecule has 100 valence electrons. The fourth-order valence-electron chi connectivity index (χ4n) is 2.05. The van der Waals surface area contributed by atoms with Gasteiger partial charge < -0.3 is 5.32 Å². The molecule has 1 heterocycles. The molecule has 0 aliphatic heterocycles. The van der Waals surface area contributed by atoms with Gasteiger partial charge in [0.15, 0.2) is 0 Å². The number of amides is 2. The molecule has 0 spiro atoms. The highest BCUT2D eigenvalue weighted by atomic mass is 32.2. The van der Waals surface area contributed by atoms with Gasteiger partial charge in [0.2, 0.25) is 5.13 Å². The molecule has 1 saturated carbocycles. The Bertz CT molecular complexity index is 410. The summed E-state index contributed by atoms with van der Waals surface area (Å²) in [4.78, 5) is 11.8. The Labute approximate surface area is 115 Å². The minimum atomic E-state index is -0.166. The first-order valence-corrected chi connectivity index (χ1v) is 8.24. The molecule has 1 aromatic rings. The van der Waals surface area contributed by atoms with Crippen LogP contribution < -0.4 is 10.6 Å². The quantitative estimate of drug-likeness (QED) is 0.892. The minimum Gasteiger partial charge on any atom is -0.335 e. The van der Waals surface area contributed by atoms with E-state index in [1.165, 1.54) is 17.8 Å². The third kappa shape index (κ3) is 3.58. The largest absolute Gasteiger partial charge is 0.335 e. The van der Waals surface area contributed by atoms with Crippen molar-refractivity contribution in [1.29, 1.82) is 0 Å². The topological polar surface area (TPSA) is 66.9 Å². The van der Waals surface area contributed by atoms with Gasteiger partial charge in [0, 0.05) is 11.3 Å². The molecule has 18 heavy (non-hydrogen) atoms. The van der Waals surface area contributed by atoms with E-state index in [1.54, 1.807) is 0 Å². The maximum Gasteiger partial charge on any atom is 0.321 e.